The summed E-state index contributed by atoms with van der Waals surface area (Å²) in [6, 6.07) is 10.2. The lowest BCUT2D eigenvalue weighted by Crippen LogP contribution is -2.48. The van der Waals surface area contributed by atoms with Gasteiger partial charge in [0.15, 0.2) is 0 Å². The van der Waals surface area contributed by atoms with E-state index >= 15 is 0 Å². The Morgan fingerprint density at radius 1 is 1.04 bits per heavy atom. The molecule has 2 aliphatic rings. The average molecular weight is 352 g/mol. The van der Waals surface area contributed by atoms with Crippen molar-refractivity contribution in [2.75, 3.05) is 13.1 Å². The molecule has 0 unspecified atom stereocenters. The Kier molecular flexibility index (Phi) is 3.90. The minimum absolute atomic E-state index is 0.0363. The molecule has 26 heavy (non-hydrogen) atoms. The van der Waals surface area contributed by atoms with Gasteiger partial charge in [0, 0.05) is 44.2 Å². The van der Waals surface area contributed by atoms with Gasteiger partial charge in [0.25, 0.3) is 5.56 Å². The Morgan fingerprint density at radius 3 is 2.42 bits per heavy atom. The molecule has 0 aliphatic carbocycles. The van der Waals surface area contributed by atoms with Crippen molar-refractivity contribution < 1.29 is 14.7 Å². The SMILES string of the molecule is CC(=O)N1C[C@@H]2C[C@H](C1)c1cc(-c3ccc(C(=O)O)cc3)cc(=O)n1C2. The van der Waals surface area contributed by atoms with E-state index in [1.54, 1.807) is 37.3 Å². The van der Waals surface area contributed by atoms with Crippen LogP contribution in [0.4, 0.5) is 0 Å². The van der Waals surface area contributed by atoms with Crippen molar-refractivity contribution in [2.24, 2.45) is 5.92 Å². The first-order valence-electron chi connectivity index (χ1n) is 8.76. The van der Waals surface area contributed by atoms with Crippen LogP contribution in [0.1, 0.15) is 35.3 Å². The number of benzene rings is 1. The van der Waals surface area contributed by atoms with Crippen LogP contribution in [0.15, 0.2) is 41.2 Å². The molecule has 1 aromatic carbocycles. The molecule has 1 saturated heterocycles. The molecule has 6 heteroatoms. The number of hydrogen-bond acceptors (Lipinski definition) is 3. The van der Waals surface area contributed by atoms with Crippen molar-refractivity contribution in [1.82, 2.24) is 9.47 Å². The Morgan fingerprint density at radius 2 is 1.77 bits per heavy atom. The van der Waals surface area contributed by atoms with E-state index in [1.807, 2.05) is 15.5 Å². The van der Waals surface area contributed by atoms with Gasteiger partial charge < -0.3 is 14.6 Å². The number of aromatic carboxylic acids is 1. The molecule has 4 rings (SSSR count). The maximum absolute atomic E-state index is 12.7. The summed E-state index contributed by atoms with van der Waals surface area (Å²) in [6.45, 7) is 3.60. The highest BCUT2D eigenvalue weighted by Crippen LogP contribution is 2.36. The summed E-state index contributed by atoms with van der Waals surface area (Å²) in [5, 5.41) is 9.03. The molecule has 134 valence electrons. The van der Waals surface area contributed by atoms with Gasteiger partial charge in [0.1, 0.15) is 0 Å². The molecular formula is C20H20N2O4. The Balaban J connectivity index is 1.74. The highest BCUT2D eigenvalue weighted by atomic mass is 16.4. The van der Waals surface area contributed by atoms with Gasteiger partial charge in [-0.2, -0.15) is 0 Å². The number of carboxylic acids is 1. The highest BCUT2D eigenvalue weighted by Gasteiger charge is 2.35. The lowest BCUT2D eigenvalue weighted by molar-refractivity contribution is -0.131. The minimum atomic E-state index is -0.973. The van der Waals surface area contributed by atoms with Gasteiger partial charge in [-0.15, -0.1) is 0 Å². The van der Waals surface area contributed by atoms with Crippen LogP contribution in [0.5, 0.6) is 0 Å². The number of carbonyl (C=O) groups excluding carboxylic acids is 1. The minimum Gasteiger partial charge on any atom is -0.478 e. The van der Waals surface area contributed by atoms with E-state index in [9.17, 15) is 14.4 Å². The number of amides is 1. The standard InChI is InChI=1S/C20H20N2O4/c1-12(23)21-9-13-6-17(11-21)18-7-16(8-19(24)22(18)10-13)14-2-4-15(5-3-14)20(25)26/h2-5,7-8,13,17H,6,9-11H2,1H3,(H,25,26)/t13-,17+/m0/s1. The summed E-state index contributed by atoms with van der Waals surface area (Å²) in [7, 11) is 0. The van der Waals surface area contributed by atoms with Crippen LogP contribution >= 0.6 is 0 Å². The quantitative estimate of drug-likeness (QED) is 0.898. The zero-order chi connectivity index (χ0) is 18.4. The number of hydrogen-bond donors (Lipinski definition) is 1. The Labute approximate surface area is 150 Å². The second-order valence-corrected chi connectivity index (χ2v) is 7.22. The maximum atomic E-state index is 12.7. The van der Waals surface area contributed by atoms with Crippen molar-refractivity contribution in [2.45, 2.75) is 25.8 Å². The predicted octanol–water partition coefficient (Wildman–Crippen LogP) is 2.18. The van der Waals surface area contributed by atoms with E-state index in [1.165, 1.54) is 0 Å². The molecular weight excluding hydrogens is 332 g/mol. The summed E-state index contributed by atoms with van der Waals surface area (Å²) in [6.07, 6.45) is 0.991. The fourth-order valence-electron chi connectivity index (χ4n) is 4.19. The molecule has 2 bridgehead atoms. The van der Waals surface area contributed by atoms with Crippen molar-refractivity contribution in [1.29, 1.82) is 0 Å². The molecule has 1 N–H and O–H groups in total. The summed E-state index contributed by atoms with van der Waals surface area (Å²) in [4.78, 5) is 37.4. The maximum Gasteiger partial charge on any atom is 0.335 e. The van der Waals surface area contributed by atoms with Gasteiger partial charge in [-0.05, 0) is 41.7 Å². The van der Waals surface area contributed by atoms with Gasteiger partial charge in [-0.25, -0.2) is 4.79 Å². The summed E-state index contributed by atoms with van der Waals surface area (Å²) in [5.41, 5.74) is 2.76. The molecule has 0 radical (unpaired) electrons. The largest absolute Gasteiger partial charge is 0.478 e. The fraction of sp³-hybridized carbons (Fsp3) is 0.350. The van der Waals surface area contributed by atoms with Crippen LogP contribution in [0.2, 0.25) is 0 Å². The van der Waals surface area contributed by atoms with E-state index in [4.69, 9.17) is 5.11 Å². The third kappa shape index (κ3) is 2.81. The van der Waals surface area contributed by atoms with Crippen molar-refractivity contribution >= 4 is 11.9 Å². The number of piperidine rings is 1. The molecule has 2 aromatic rings. The second-order valence-electron chi connectivity index (χ2n) is 7.22. The molecule has 2 aliphatic heterocycles. The normalized spacial score (nSPS) is 21.2. The van der Waals surface area contributed by atoms with E-state index < -0.39 is 5.97 Å². The zero-order valence-electron chi connectivity index (χ0n) is 14.5. The smallest absolute Gasteiger partial charge is 0.335 e. The molecule has 1 aromatic heterocycles. The van der Waals surface area contributed by atoms with Gasteiger partial charge >= 0.3 is 5.97 Å². The van der Waals surface area contributed by atoms with Crippen LogP contribution in [0, 0.1) is 5.92 Å². The molecule has 3 heterocycles. The number of carboxylic acid groups (broad SMARTS) is 1. The first kappa shape index (κ1) is 16.6. The summed E-state index contributed by atoms with van der Waals surface area (Å²) < 4.78 is 1.84. The first-order valence-corrected chi connectivity index (χ1v) is 8.76. The lowest BCUT2D eigenvalue weighted by atomic mass is 9.82. The van der Waals surface area contributed by atoms with E-state index in [0.717, 1.165) is 29.8 Å². The van der Waals surface area contributed by atoms with Crippen LogP contribution in [-0.4, -0.2) is 39.5 Å². The van der Waals surface area contributed by atoms with Gasteiger partial charge in [-0.3, -0.25) is 9.59 Å². The number of likely N-dealkylation sites (tertiary alicyclic amines) is 1. The van der Waals surface area contributed by atoms with Gasteiger partial charge in [0.05, 0.1) is 5.56 Å². The highest BCUT2D eigenvalue weighted by molar-refractivity contribution is 5.88. The van der Waals surface area contributed by atoms with Crippen molar-refractivity contribution in [3.8, 4) is 11.1 Å². The third-order valence-electron chi connectivity index (χ3n) is 5.47. The van der Waals surface area contributed by atoms with Crippen LogP contribution in [0.25, 0.3) is 11.1 Å². The van der Waals surface area contributed by atoms with Crippen LogP contribution < -0.4 is 5.56 Å². The van der Waals surface area contributed by atoms with E-state index in [-0.39, 0.29) is 22.9 Å². The number of aromatic nitrogens is 1. The fourth-order valence-corrected chi connectivity index (χ4v) is 4.19. The topological polar surface area (TPSA) is 79.6 Å². The van der Waals surface area contributed by atoms with E-state index in [0.29, 0.717) is 19.0 Å². The molecule has 6 nitrogen and oxygen atoms in total. The second kappa shape index (κ2) is 6.12. The van der Waals surface area contributed by atoms with Crippen molar-refractivity contribution in [3.05, 3.63) is 58.0 Å². The summed E-state index contributed by atoms with van der Waals surface area (Å²) in [5.74, 6) is -0.406. The monoisotopic (exact) mass is 352 g/mol. The molecule has 0 saturated carbocycles. The number of carbonyl (C=O) groups is 2. The molecule has 0 spiro atoms. The van der Waals surface area contributed by atoms with Gasteiger partial charge in [-0.1, -0.05) is 12.1 Å². The number of nitrogens with zero attached hydrogens (tertiary/aromatic N) is 2. The molecule has 1 amide bonds. The number of rotatable bonds is 2. The Bertz CT molecular complexity index is 945. The number of pyridine rings is 1. The summed E-state index contributed by atoms with van der Waals surface area (Å²) >= 11 is 0. The lowest BCUT2D eigenvalue weighted by Gasteiger charge is -2.42. The van der Waals surface area contributed by atoms with E-state index in [2.05, 4.69) is 0 Å². The first-order chi connectivity index (χ1) is 12.4. The van der Waals surface area contributed by atoms with Crippen molar-refractivity contribution in [3.63, 3.8) is 0 Å². The Hall–Kier alpha value is -2.89. The van der Waals surface area contributed by atoms with Crippen LogP contribution in [-0.2, 0) is 11.3 Å². The predicted molar refractivity (Wildman–Crippen MR) is 96.2 cm³/mol. The molecule has 1 fully saturated rings. The average Bonchev–Trinajstić information content (AvgIpc) is 2.62. The zero-order valence-corrected chi connectivity index (χ0v) is 14.5. The number of fused-ring (bicyclic) bond motifs is 4. The van der Waals surface area contributed by atoms with Gasteiger partial charge in [0.2, 0.25) is 5.91 Å². The molecule has 2 atom stereocenters. The third-order valence-corrected chi connectivity index (χ3v) is 5.47. The van der Waals surface area contributed by atoms with Crippen LogP contribution in [0.3, 0.4) is 0 Å².